The van der Waals surface area contributed by atoms with Crippen LogP contribution in [0.25, 0.3) is 11.3 Å². The third-order valence-electron chi connectivity index (χ3n) is 3.59. The summed E-state index contributed by atoms with van der Waals surface area (Å²) in [6, 6.07) is 19.0. The van der Waals surface area contributed by atoms with Crippen molar-refractivity contribution in [3.63, 3.8) is 0 Å². The van der Waals surface area contributed by atoms with Gasteiger partial charge in [-0.15, -0.1) is 10.2 Å². The van der Waals surface area contributed by atoms with Gasteiger partial charge in [0.25, 0.3) is 0 Å². The molecule has 1 heterocycles. The van der Waals surface area contributed by atoms with Crippen LogP contribution in [0.3, 0.4) is 0 Å². The largest absolute Gasteiger partial charge is 0.492 e. The molecule has 5 nitrogen and oxygen atoms in total. The molecule has 0 atom stereocenters. The van der Waals surface area contributed by atoms with Gasteiger partial charge < -0.3 is 10.1 Å². The number of nitrogens with one attached hydrogen (secondary N) is 1. The molecule has 3 rings (SSSR count). The number of benzene rings is 2. The molecule has 0 bridgehead atoms. The molecule has 1 amide bonds. The number of para-hydroxylation sites is 2. The van der Waals surface area contributed by atoms with Gasteiger partial charge in [-0.3, -0.25) is 4.79 Å². The van der Waals surface area contributed by atoms with Crippen LogP contribution in [0, 0.1) is 0 Å². The molecule has 0 aliphatic heterocycles. The van der Waals surface area contributed by atoms with Crippen LogP contribution in [0.4, 0.5) is 5.69 Å². The number of rotatable bonds is 7. The van der Waals surface area contributed by atoms with Crippen molar-refractivity contribution in [1.29, 1.82) is 0 Å². The fourth-order valence-corrected chi connectivity index (χ4v) is 3.23. The summed E-state index contributed by atoms with van der Waals surface area (Å²) in [4.78, 5) is 12.2. The van der Waals surface area contributed by atoms with Gasteiger partial charge in [0.2, 0.25) is 5.91 Å². The Hall–Kier alpha value is -2.38. The molecule has 138 valence electrons. The van der Waals surface area contributed by atoms with Crippen LogP contribution in [0.1, 0.15) is 6.92 Å². The van der Waals surface area contributed by atoms with Crippen molar-refractivity contribution in [3.05, 3.63) is 65.1 Å². The monoisotopic (exact) mass is 443 g/mol. The van der Waals surface area contributed by atoms with E-state index in [1.165, 1.54) is 11.8 Å². The first-order valence-corrected chi connectivity index (χ1v) is 10.2. The van der Waals surface area contributed by atoms with Gasteiger partial charge in [0.15, 0.2) is 0 Å². The first kappa shape index (κ1) is 19.4. The molecule has 0 radical (unpaired) electrons. The highest BCUT2D eigenvalue weighted by atomic mass is 79.9. The second-order valence-corrected chi connectivity index (χ2v) is 7.44. The van der Waals surface area contributed by atoms with Crippen molar-refractivity contribution in [1.82, 2.24) is 10.2 Å². The van der Waals surface area contributed by atoms with Gasteiger partial charge in [-0.05, 0) is 43.3 Å². The molecule has 2 aromatic carbocycles. The van der Waals surface area contributed by atoms with E-state index in [2.05, 4.69) is 31.4 Å². The molecule has 0 spiro atoms. The van der Waals surface area contributed by atoms with Crippen molar-refractivity contribution in [3.8, 4) is 17.0 Å². The van der Waals surface area contributed by atoms with Gasteiger partial charge in [0.1, 0.15) is 10.8 Å². The number of halogens is 1. The van der Waals surface area contributed by atoms with Gasteiger partial charge in [0.05, 0.1) is 23.7 Å². The average Bonchev–Trinajstić information content (AvgIpc) is 2.69. The van der Waals surface area contributed by atoms with Crippen molar-refractivity contribution in [2.24, 2.45) is 0 Å². The molecule has 0 unspecified atom stereocenters. The van der Waals surface area contributed by atoms with E-state index in [0.29, 0.717) is 23.1 Å². The fraction of sp³-hybridized carbons (Fsp3) is 0.150. The lowest BCUT2D eigenvalue weighted by molar-refractivity contribution is -0.113. The molecule has 0 saturated heterocycles. The quantitative estimate of drug-likeness (QED) is 0.518. The zero-order valence-corrected chi connectivity index (χ0v) is 17.1. The van der Waals surface area contributed by atoms with Crippen molar-refractivity contribution in [2.75, 3.05) is 17.7 Å². The summed E-state index contributed by atoms with van der Waals surface area (Å²) < 4.78 is 6.53. The van der Waals surface area contributed by atoms with E-state index in [9.17, 15) is 4.79 Å². The number of anilines is 1. The number of nitrogens with zero attached hydrogens (tertiary/aromatic N) is 2. The second-order valence-electron chi connectivity index (χ2n) is 5.53. The first-order chi connectivity index (χ1) is 13.2. The van der Waals surface area contributed by atoms with Gasteiger partial charge in [-0.2, -0.15) is 0 Å². The lowest BCUT2D eigenvalue weighted by Crippen LogP contribution is -2.15. The van der Waals surface area contributed by atoms with Crippen molar-refractivity contribution < 1.29 is 9.53 Å². The summed E-state index contributed by atoms with van der Waals surface area (Å²) in [6.07, 6.45) is 0. The number of thioether (sulfide) groups is 1. The average molecular weight is 444 g/mol. The predicted molar refractivity (Wildman–Crippen MR) is 112 cm³/mol. The lowest BCUT2D eigenvalue weighted by atomic mass is 10.1. The minimum absolute atomic E-state index is 0.120. The van der Waals surface area contributed by atoms with E-state index in [4.69, 9.17) is 4.74 Å². The zero-order valence-electron chi connectivity index (χ0n) is 14.7. The summed E-state index contributed by atoms with van der Waals surface area (Å²) in [7, 11) is 0. The predicted octanol–water partition coefficient (Wildman–Crippen LogP) is 5.04. The molecule has 7 heteroatoms. The number of ether oxygens (including phenoxy) is 1. The number of hydrogen-bond acceptors (Lipinski definition) is 5. The van der Waals surface area contributed by atoms with Crippen LogP contribution in [-0.4, -0.2) is 28.5 Å². The number of aromatic nitrogens is 2. The van der Waals surface area contributed by atoms with Crippen molar-refractivity contribution >= 4 is 39.3 Å². The Labute approximate surface area is 170 Å². The Morgan fingerprint density at radius 3 is 2.56 bits per heavy atom. The van der Waals surface area contributed by atoms with Crippen LogP contribution in [0.15, 0.2) is 70.2 Å². The Morgan fingerprint density at radius 1 is 1.07 bits per heavy atom. The Balaban J connectivity index is 1.57. The summed E-state index contributed by atoms with van der Waals surface area (Å²) in [5.74, 6) is 0.787. The number of carbonyl (C=O) groups is 1. The number of amides is 1. The molecule has 0 aliphatic rings. The lowest BCUT2D eigenvalue weighted by Gasteiger charge is -2.10. The highest BCUT2D eigenvalue weighted by Gasteiger charge is 2.09. The fourth-order valence-electron chi connectivity index (χ4n) is 2.35. The maximum Gasteiger partial charge on any atom is 0.234 e. The number of hydrogen-bond donors (Lipinski definition) is 1. The van der Waals surface area contributed by atoms with E-state index in [1.807, 2.05) is 67.6 Å². The van der Waals surface area contributed by atoms with E-state index >= 15 is 0 Å². The summed E-state index contributed by atoms with van der Waals surface area (Å²) >= 11 is 4.75. The van der Waals surface area contributed by atoms with E-state index in [1.54, 1.807) is 0 Å². The standard InChI is InChI=1S/C20H18BrN3O2S/c1-2-26-18-6-4-3-5-17(18)22-19(25)13-27-20-12-11-16(23-24-20)14-7-9-15(21)10-8-14/h3-12H,2,13H2,1H3,(H,22,25). The Morgan fingerprint density at radius 2 is 1.85 bits per heavy atom. The molecular formula is C20H18BrN3O2S. The third-order valence-corrected chi connectivity index (χ3v) is 5.04. The van der Waals surface area contributed by atoms with Crippen LogP contribution in [0.2, 0.25) is 0 Å². The van der Waals surface area contributed by atoms with Gasteiger partial charge in [0, 0.05) is 10.0 Å². The first-order valence-electron chi connectivity index (χ1n) is 8.40. The Kier molecular flexibility index (Phi) is 6.84. The number of carbonyl (C=O) groups excluding carboxylic acids is 1. The van der Waals surface area contributed by atoms with Crippen LogP contribution < -0.4 is 10.1 Å². The molecule has 3 aromatic rings. The minimum atomic E-state index is -0.120. The second kappa shape index (κ2) is 9.53. The molecule has 0 fully saturated rings. The van der Waals surface area contributed by atoms with Crippen LogP contribution in [-0.2, 0) is 4.79 Å². The summed E-state index contributed by atoms with van der Waals surface area (Å²) in [5.41, 5.74) is 2.45. The normalized spacial score (nSPS) is 10.4. The topological polar surface area (TPSA) is 64.1 Å². The molecule has 0 aliphatic carbocycles. The molecule has 1 aromatic heterocycles. The molecular weight excluding hydrogens is 426 g/mol. The SMILES string of the molecule is CCOc1ccccc1NC(=O)CSc1ccc(-c2ccc(Br)cc2)nn1. The summed E-state index contributed by atoms with van der Waals surface area (Å²) in [6.45, 7) is 2.45. The smallest absolute Gasteiger partial charge is 0.234 e. The van der Waals surface area contributed by atoms with E-state index < -0.39 is 0 Å². The maximum atomic E-state index is 12.2. The van der Waals surface area contributed by atoms with Gasteiger partial charge in [-0.25, -0.2) is 0 Å². The Bertz CT molecular complexity index is 902. The summed E-state index contributed by atoms with van der Waals surface area (Å²) in [5, 5.41) is 12.0. The highest BCUT2D eigenvalue weighted by molar-refractivity contribution is 9.10. The molecule has 0 saturated carbocycles. The zero-order chi connectivity index (χ0) is 19.1. The van der Waals surface area contributed by atoms with Crippen LogP contribution >= 0.6 is 27.7 Å². The van der Waals surface area contributed by atoms with E-state index in [-0.39, 0.29) is 11.7 Å². The van der Waals surface area contributed by atoms with Gasteiger partial charge >= 0.3 is 0 Å². The van der Waals surface area contributed by atoms with Crippen LogP contribution in [0.5, 0.6) is 5.75 Å². The highest BCUT2D eigenvalue weighted by Crippen LogP contribution is 2.25. The van der Waals surface area contributed by atoms with Crippen molar-refractivity contribution in [2.45, 2.75) is 11.9 Å². The molecule has 1 N–H and O–H groups in total. The molecule has 27 heavy (non-hydrogen) atoms. The van der Waals surface area contributed by atoms with Gasteiger partial charge in [-0.1, -0.05) is 52.0 Å². The third kappa shape index (κ3) is 5.55. The van der Waals surface area contributed by atoms with E-state index in [0.717, 1.165) is 15.7 Å². The maximum absolute atomic E-state index is 12.2. The minimum Gasteiger partial charge on any atom is -0.492 e.